The molecule has 0 atom stereocenters. The number of rotatable bonds is 5. The van der Waals surface area contributed by atoms with Crippen molar-refractivity contribution in [3.63, 3.8) is 0 Å². The summed E-state index contributed by atoms with van der Waals surface area (Å²) in [4.78, 5) is 27.3. The summed E-state index contributed by atoms with van der Waals surface area (Å²) in [5.74, 6) is 0.457. The third-order valence-corrected chi connectivity index (χ3v) is 4.08. The Kier molecular flexibility index (Phi) is 4.84. The largest absolute Gasteiger partial charge is 0.495 e. The lowest BCUT2D eigenvalue weighted by molar-refractivity contribution is -0.116. The molecule has 0 fully saturated rings. The SMILES string of the molecule is COc1ccc(C)cc1NC(=O)CCc1cc2ccccc2[nH]c1=O. The van der Waals surface area contributed by atoms with Gasteiger partial charge in [-0.05, 0) is 48.6 Å². The van der Waals surface area contributed by atoms with E-state index in [2.05, 4.69) is 10.3 Å². The fraction of sp³-hybridized carbons (Fsp3) is 0.200. The van der Waals surface area contributed by atoms with Gasteiger partial charge in [0.05, 0.1) is 12.8 Å². The molecule has 5 heteroatoms. The molecule has 3 rings (SSSR count). The summed E-state index contributed by atoms with van der Waals surface area (Å²) >= 11 is 0. The van der Waals surface area contributed by atoms with E-state index in [1.807, 2.05) is 55.5 Å². The van der Waals surface area contributed by atoms with Gasteiger partial charge in [-0.3, -0.25) is 9.59 Å². The molecule has 2 N–H and O–H groups in total. The monoisotopic (exact) mass is 336 g/mol. The first-order valence-corrected chi connectivity index (χ1v) is 8.12. The van der Waals surface area contributed by atoms with E-state index in [0.717, 1.165) is 16.5 Å². The number of aromatic nitrogens is 1. The van der Waals surface area contributed by atoms with Crippen molar-refractivity contribution in [3.8, 4) is 5.75 Å². The Morgan fingerprint density at radius 2 is 1.96 bits per heavy atom. The maximum Gasteiger partial charge on any atom is 0.251 e. The second kappa shape index (κ2) is 7.21. The number of carbonyl (C=O) groups excluding carboxylic acids is 1. The molecule has 0 aliphatic rings. The predicted octanol–water partition coefficient (Wildman–Crippen LogP) is 3.42. The minimum Gasteiger partial charge on any atom is -0.495 e. The highest BCUT2D eigenvalue weighted by molar-refractivity contribution is 5.92. The number of carbonyl (C=O) groups is 1. The van der Waals surface area contributed by atoms with E-state index in [-0.39, 0.29) is 17.9 Å². The minimum absolute atomic E-state index is 0.153. The quantitative estimate of drug-likeness (QED) is 0.750. The van der Waals surface area contributed by atoms with E-state index in [0.29, 0.717) is 23.4 Å². The number of para-hydroxylation sites is 1. The van der Waals surface area contributed by atoms with Gasteiger partial charge < -0.3 is 15.0 Å². The van der Waals surface area contributed by atoms with Gasteiger partial charge in [-0.2, -0.15) is 0 Å². The molecule has 0 unspecified atom stereocenters. The van der Waals surface area contributed by atoms with Gasteiger partial charge >= 0.3 is 0 Å². The maximum absolute atomic E-state index is 12.3. The van der Waals surface area contributed by atoms with Crippen molar-refractivity contribution in [3.05, 3.63) is 70.0 Å². The van der Waals surface area contributed by atoms with Gasteiger partial charge in [0.15, 0.2) is 0 Å². The number of ether oxygens (including phenoxy) is 1. The first-order chi connectivity index (χ1) is 12.1. The van der Waals surface area contributed by atoms with Gasteiger partial charge in [0.1, 0.15) is 5.75 Å². The van der Waals surface area contributed by atoms with Crippen LogP contribution >= 0.6 is 0 Å². The summed E-state index contributed by atoms with van der Waals surface area (Å²) < 4.78 is 5.26. The molecule has 0 aliphatic heterocycles. The van der Waals surface area contributed by atoms with E-state index < -0.39 is 0 Å². The van der Waals surface area contributed by atoms with Crippen LogP contribution in [0.3, 0.4) is 0 Å². The first kappa shape index (κ1) is 16.8. The van der Waals surface area contributed by atoms with E-state index in [4.69, 9.17) is 4.74 Å². The normalized spacial score (nSPS) is 10.6. The number of nitrogens with one attached hydrogen (secondary N) is 2. The maximum atomic E-state index is 12.3. The Hall–Kier alpha value is -3.08. The zero-order valence-corrected chi connectivity index (χ0v) is 14.3. The average molecular weight is 336 g/mol. The number of anilines is 1. The molecule has 0 saturated heterocycles. The minimum atomic E-state index is -0.156. The highest BCUT2D eigenvalue weighted by Gasteiger charge is 2.10. The van der Waals surface area contributed by atoms with Crippen LogP contribution in [0.5, 0.6) is 5.75 Å². The third-order valence-electron chi connectivity index (χ3n) is 4.08. The molecule has 2 aromatic carbocycles. The van der Waals surface area contributed by atoms with Gasteiger partial charge in [-0.1, -0.05) is 24.3 Å². The first-order valence-electron chi connectivity index (χ1n) is 8.12. The lowest BCUT2D eigenvalue weighted by Crippen LogP contribution is -2.17. The summed E-state index contributed by atoms with van der Waals surface area (Å²) in [5.41, 5.74) is 2.91. The van der Waals surface area contributed by atoms with Crippen LogP contribution in [0.4, 0.5) is 5.69 Å². The summed E-state index contributed by atoms with van der Waals surface area (Å²) in [6, 6.07) is 15.0. The molecule has 1 amide bonds. The molecular formula is C20H20N2O3. The van der Waals surface area contributed by atoms with E-state index in [9.17, 15) is 9.59 Å². The molecule has 3 aromatic rings. The Bertz CT molecular complexity index is 976. The third kappa shape index (κ3) is 3.88. The fourth-order valence-corrected chi connectivity index (χ4v) is 2.76. The van der Waals surface area contributed by atoms with Crippen LogP contribution in [-0.4, -0.2) is 18.0 Å². The summed E-state index contributed by atoms with van der Waals surface area (Å²) in [5, 5.41) is 3.81. The van der Waals surface area contributed by atoms with Gasteiger partial charge in [0.25, 0.3) is 5.56 Å². The van der Waals surface area contributed by atoms with Crippen molar-refractivity contribution in [2.75, 3.05) is 12.4 Å². The lowest BCUT2D eigenvalue weighted by Gasteiger charge is -2.11. The molecule has 25 heavy (non-hydrogen) atoms. The van der Waals surface area contributed by atoms with Gasteiger partial charge in [-0.25, -0.2) is 0 Å². The van der Waals surface area contributed by atoms with E-state index in [1.165, 1.54) is 0 Å². The second-order valence-electron chi connectivity index (χ2n) is 5.96. The molecule has 0 bridgehead atoms. The van der Waals surface area contributed by atoms with Crippen LogP contribution in [0.25, 0.3) is 10.9 Å². The van der Waals surface area contributed by atoms with Gasteiger partial charge in [0.2, 0.25) is 5.91 Å². The molecule has 0 radical (unpaired) electrons. The highest BCUT2D eigenvalue weighted by Crippen LogP contribution is 2.25. The predicted molar refractivity (Wildman–Crippen MR) is 99.3 cm³/mol. The average Bonchev–Trinajstić information content (AvgIpc) is 2.60. The molecular weight excluding hydrogens is 316 g/mol. The van der Waals surface area contributed by atoms with Crippen LogP contribution in [0.15, 0.2) is 53.3 Å². The van der Waals surface area contributed by atoms with Crippen LogP contribution < -0.4 is 15.6 Å². The number of amides is 1. The van der Waals surface area contributed by atoms with Crippen LogP contribution in [-0.2, 0) is 11.2 Å². The number of H-pyrrole nitrogens is 1. The number of fused-ring (bicyclic) bond motifs is 1. The van der Waals surface area contributed by atoms with Crippen molar-refractivity contribution >= 4 is 22.5 Å². The van der Waals surface area contributed by atoms with Crippen molar-refractivity contribution in [1.29, 1.82) is 0 Å². The Morgan fingerprint density at radius 1 is 1.16 bits per heavy atom. The Labute approximate surface area is 145 Å². The molecule has 0 aliphatic carbocycles. The lowest BCUT2D eigenvalue weighted by atomic mass is 10.1. The Morgan fingerprint density at radius 3 is 2.76 bits per heavy atom. The Balaban J connectivity index is 1.72. The van der Waals surface area contributed by atoms with E-state index in [1.54, 1.807) is 7.11 Å². The van der Waals surface area contributed by atoms with Crippen molar-refractivity contribution in [1.82, 2.24) is 4.98 Å². The molecule has 1 aromatic heterocycles. The number of aryl methyl sites for hydroxylation is 2. The number of benzene rings is 2. The van der Waals surface area contributed by atoms with Crippen molar-refractivity contribution in [2.24, 2.45) is 0 Å². The zero-order valence-electron chi connectivity index (χ0n) is 14.3. The van der Waals surface area contributed by atoms with Crippen molar-refractivity contribution < 1.29 is 9.53 Å². The number of methoxy groups -OCH3 is 1. The van der Waals surface area contributed by atoms with Gasteiger partial charge in [-0.15, -0.1) is 0 Å². The standard InChI is InChI=1S/C20H20N2O3/c1-13-7-9-18(25-2)17(11-13)21-19(23)10-8-15-12-14-5-3-4-6-16(14)22-20(15)24/h3-7,9,11-12H,8,10H2,1-2H3,(H,21,23)(H,22,24). The fourth-order valence-electron chi connectivity index (χ4n) is 2.76. The molecule has 1 heterocycles. The summed E-state index contributed by atoms with van der Waals surface area (Å²) in [6.07, 6.45) is 0.596. The molecule has 0 spiro atoms. The topological polar surface area (TPSA) is 71.2 Å². The molecule has 5 nitrogen and oxygen atoms in total. The number of aromatic amines is 1. The van der Waals surface area contributed by atoms with Gasteiger partial charge in [0, 0.05) is 17.5 Å². The van der Waals surface area contributed by atoms with Crippen LogP contribution in [0, 0.1) is 6.92 Å². The van der Waals surface area contributed by atoms with E-state index >= 15 is 0 Å². The molecule has 0 saturated carbocycles. The number of pyridine rings is 1. The number of hydrogen-bond donors (Lipinski definition) is 2. The van der Waals surface area contributed by atoms with Crippen molar-refractivity contribution in [2.45, 2.75) is 19.8 Å². The smallest absolute Gasteiger partial charge is 0.251 e. The summed E-state index contributed by atoms with van der Waals surface area (Å²) in [6.45, 7) is 1.95. The second-order valence-corrected chi connectivity index (χ2v) is 5.96. The number of hydrogen-bond acceptors (Lipinski definition) is 3. The van der Waals surface area contributed by atoms with Crippen LogP contribution in [0.1, 0.15) is 17.5 Å². The van der Waals surface area contributed by atoms with Crippen LogP contribution in [0.2, 0.25) is 0 Å². The zero-order chi connectivity index (χ0) is 17.8. The highest BCUT2D eigenvalue weighted by atomic mass is 16.5. The summed E-state index contributed by atoms with van der Waals surface area (Å²) in [7, 11) is 1.56. The molecule has 128 valence electrons.